The molecule has 0 saturated carbocycles. The molecule has 20 heavy (non-hydrogen) atoms. The second-order valence-electron chi connectivity index (χ2n) is 4.71. The van der Waals surface area contributed by atoms with Crippen LogP contribution in [0.15, 0.2) is 51.5 Å². The van der Waals surface area contributed by atoms with Crippen molar-refractivity contribution in [2.75, 3.05) is 6.54 Å². The lowest BCUT2D eigenvalue weighted by Gasteiger charge is -2.19. The number of halogens is 2. The summed E-state index contributed by atoms with van der Waals surface area (Å²) in [6.45, 7) is 3.17. The summed E-state index contributed by atoms with van der Waals surface area (Å²) in [5.74, 6) is 0. The molecule has 0 fully saturated rings. The normalized spacial score (nSPS) is 12.3. The van der Waals surface area contributed by atoms with E-state index in [0.717, 1.165) is 34.0 Å². The highest BCUT2D eigenvalue weighted by Crippen LogP contribution is 2.24. The van der Waals surface area contributed by atoms with Gasteiger partial charge in [-0.15, -0.1) is 0 Å². The number of hydrogen-bond donors (Lipinski definition) is 1. The Balaban J connectivity index is 2.19. The Morgan fingerprint density at radius 1 is 1.15 bits per heavy atom. The lowest BCUT2D eigenvalue weighted by Crippen LogP contribution is -2.25. The molecule has 0 aliphatic carbocycles. The van der Waals surface area contributed by atoms with Gasteiger partial charge in [-0.25, -0.2) is 0 Å². The highest BCUT2D eigenvalue weighted by atomic mass is 79.9. The Bertz CT molecular complexity index is 540. The number of pyridine rings is 1. The van der Waals surface area contributed by atoms with Gasteiger partial charge in [0.25, 0.3) is 0 Å². The number of nitrogens with one attached hydrogen (secondary N) is 1. The predicted molar refractivity (Wildman–Crippen MR) is 90.8 cm³/mol. The Morgan fingerprint density at radius 3 is 2.55 bits per heavy atom. The van der Waals surface area contributed by atoms with E-state index in [0.29, 0.717) is 0 Å². The molecule has 1 aromatic heterocycles. The summed E-state index contributed by atoms with van der Waals surface area (Å²) in [5.41, 5.74) is 2.38. The zero-order valence-corrected chi connectivity index (χ0v) is 14.6. The van der Waals surface area contributed by atoms with Crippen molar-refractivity contribution in [3.63, 3.8) is 0 Å². The van der Waals surface area contributed by atoms with Gasteiger partial charge in [-0.05, 0) is 65.1 Å². The quantitative estimate of drug-likeness (QED) is 0.750. The molecule has 1 unspecified atom stereocenters. The molecule has 2 rings (SSSR count). The van der Waals surface area contributed by atoms with E-state index < -0.39 is 0 Å². The largest absolute Gasteiger partial charge is 0.308 e. The zero-order chi connectivity index (χ0) is 14.4. The molecule has 0 spiro atoms. The first-order valence-corrected chi connectivity index (χ1v) is 8.37. The molecule has 1 atom stereocenters. The maximum absolute atomic E-state index is 4.53. The van der Waals surface area contributed by atoms with E-state index in [2.05, 4.69) is 73.3 Å². The fraction of sp³-hybridized carbons (Fsp3) is 0.312. The lowest BCUT2D eigenvalue weighted by molar-refractivity contribution is 0.516. The van der Waals surface area contributed by atoms with Crippen molar-refractivity contribution in [2.45, 2.75) is 25.8 Å². The van der Waals surface area contributed by atoms with Crippen molar-refractivity contribution in [3.8, 4) is 0 Å². The topological polar surface area (TPSA) is 24.9 Å². The maximum Gasteiger partial charge on any atom is 0.0718 e. The molecule has 2 aromatic rings. The molecule has 0 saturated heterocycles. The Morgan fingerprint density at radius 2 is 1.90 bits per heavy atom. The smallest absolute Gasteiger partial charge is 0.0718 e. The Labute approximate surface area is 137 Å². The van der Waals surface area contributed by atoms with Crippen molar-refractivity contribution >= 4 is 31.9 Å². The third-order valence-electron chi connectivity index (χ3n) is 3.11. The molecule has 0 aliphatic heterocycles. The van der Waals surface area contributed by atoms with Gasteiger partial charge in [0, 0.05) is 15.1 Å². The van der Waals surface area contributed by atoms with Crippen LogP contribution in [0.25, 0.3) is 0 Å². The first kappa shape index (κ1) is 15.7. The molecule has 1 aromatic carbocycles. The fourth-order valence-corrected chi connectivity index (χ4v) is 2.89. The third-order valence-corrected chi connectivity index (χ3v) is 4.31. The second-order valence-corrected chi connectivity index (χ2v) is 6.48. The summed E-state index contributed by atoms with van der Waals surface area (Å²) >= 11 is 7.08. The van der Waals surface area contributed by atoms with Crippen LogP contribution in [0.5, 0.6) is 0 Å². The molecule has 0 aliphatic rings. The van der Waals surface area contributed by atoms with Gasteiger partial charge in [-0.2, -0.15) is 0 Å². The minimum absolute atomic E-state index is 0.228. The molecular formula is C16H18Br2N2. The van der Waals surface area contributed by atoms with Crippen molar-refractivity contribution in [1.82, 2.24) is 10.3 Å². The summed E-state index contributed by atoms with van der Waals surface area (Å²) in [6, 6.07) is 12.7. The summed E-state index contributed by atoms with van der Waals surface area (Å²) in [5, 5.41) is 3.59. The number of aromatic nitrogens is 1. The fourth-order valence-electron chi connectivity index (χ4n) is 2.09. The standard InChI is InChI=1S/C16H18Br2N2/c1-2-9-19-15(16-14(18)4-3-10-20-16)11-12-5-7-13(17)8-6-12/h3-8,10,15,19H,2,9,11H2,1H3. The second kappa shape index (κ2) is 7.91. The monoisotopic (exact) mass is 396 g/mol. The molecule has 0 amide bonds. The van der Waals surface area contributed by atoms with Crippen LogP contribution in [0.1, 0.15) is 30.6 Å². The Kier molecular flexibility index (Phi) is 6.20. The van der Waals surface area contributed by atoms with Gasteiger partial charge in [-0.3, -0.25) is 4.98 Å². The SMILES string of the molecule is CCCNC(Cc1ccc(Br)cc1)c1ncccc1Br. The number of benzene rings is 1. The molecule has 0 bridgehead atoms. The third kappa shape index (κ3) is 4.40. The zero-order valence-electron chi connectivity index (χ0n) is 11.4. The first-order chi connectivity index (χ1) is 9.70. The van der Waals surface area contributed by atoms with E-state index in [9.17, 15) is 0 Å². The molecule has 1 N–H and O–H groups in total. The van der Waals surface area contributed by atoms with Crippen LogP contribution >= 0.6 is 31.9 Å². The average molecular weight is 398 g/mol. The molecular weight excluding hydrogens is 380 g/mol. The van der Waals surface area contributed by atoms with Crippen LogP contribution in [0, 0.1) is 0 Å². The van der Waals surface area contributed by atoms with Crippen molar-refractivity contribution in [3.05, 3.63) is 62.8 Å². The van der Waals surface area contributed by atoms with E-state index in [1.807, 2.05) is 18.3 Å². The highest BCUT2D eigenvalue weighted by Gasteiger charge is 2.15. The molecule has 0 radical (unpaired) electrons. The van der Waals surface area contributed by atoms with Gasteiger partial charge < -0.3 is 5.32 Å². The average Bonchev–Trinajstić information content (AvgIpc) is 2.46. The summed E-state index contributed by atoms with van der Waals surface area (Å²) in [7, 11) is 0. The first-order valence-electron chi connectivity index (χ1n) is 6.79. The van der Waals surface area contributed by atoms with E-state index in [1.54, 1.807) is 0 Å². The number of rotatable bonds is 6. The van der Waals surface area contributed by atoms with Crippen LogP contribution in [0.3, 0.4) is 0 Å². The van der Waals surface area contributed by atoms with Gasteiger partial charge >= 0.3 is 0 Å². The minimum atomic E-state index is 0.228. The van der Waals surface area contributed by atoms with E-state index in [1.165, 1.54) is 5.56 Å². The summed E-state index contributed by atoms with van der Waals surface area (Å²) < 4.78 is 2.17. The number of hydrogen-bond acceptors (Lipinski definition) is 2. The van der Waals surface area contributed by atoms with Gasteiger partial charge in [0.1, 0.15) is 0 Å². The van der Waals surface area contributed by atoms with Crippen LogP contribution in [-0.2, 0) is 6.42 Å². The summed E-state index contributed by atoms with van der Waals surface area (Å²) in [4.78, 5) is 4.53. The summed E-state index contributed by atoms with van der Waals surface area (Å²) in [6.07, 6.45) is 3.90. The van der Waals surface area contributed by atoms with Crippen LogP contribution in [0.4, 0.5) is 0 Å². The van der Waals surface area contributed by atoms with Gasteiger partial charge in [0.15, 0.2) is 0 Å². The van der Waals surface area contributed by atoms with Gasteiger partial charge in [-0.1, -0.05) is 35.0 Å². The molecule has 1 heterocycles. The molecule has 4 heteroatoms. The minimum Gasteiger partial charge on any atom is -0.308 e. The Hall–Kier alpha value is -0.710. The van der Waals surface area contributed by atoms with Gasteiger partial charge in [0.05, 0.1) is 11.7 Å². The molecule has 106 valence electrons. The van der Waals surface area contributed by atoms with E-state index in [-0.39, 0.29) is 6.04 Å². The van der Waals surface area contributed by atoms with Gasteiger partial charge in [0.2, 0.25) is 0 Å². The van der Waals surface area contributed by atoms with Crippen molar-refractivity contribution < 1.29 is 0 Å². The lowest BCUT2D eigenvalue weighted by atomic mass is 10.0. The maximum atomic E-state index is 4.53. The van der Waals surface area contributed by atoms with Crippen LogP contribution < -0.4 is 5.32 Å². The van der Waals surface area contributed by atoms with Crippen molar-refractivity contribution in [2.24, 2.45) is 0 Å². The van der Waals surface area contributed by atoms with E-state index >= 15 is 0 Å². The van der Waals surface area contributed by atoms with Crippen LogP contribution in [-0.4, -0.2) is 11.5 Å². The number of nitrogens with zero attached hydrogens (tertiary/aromatic N) is 1. The molecule has 2 nitrogen and oxygen atoms in total. The van der Waals surface area contributed by atoms with Crippen molar-refractivity contribution in [1.29, 1.82) is 0 Å². The highest BCUT2D eigenvalue weighted by molar-refractivity contribution is 9.10. The predicted octanol–water partition coefficient (Wildman–Crippen LogP) is 4.89. The van der Waals surface area contributed by atoms with E-state index in [4.69, 9.17) is 0 Å². The van der Waals surface area contributed by atoms with Crippen LogP contribution in [0.2, 0.25) is 0 Å².